The van der Waals surface area contributed by atoms with Gasteiger partial charge in [0.2, 0.25) is 0 Å². The van der Waals surface area contributed by atoms with Crippen LogP contribution in [0.2, 0.25) is 0 Å². The smallest absolute Gasteiger partial charge is 0.368 e. The van der Waals surface area contributed by atoms with E-state index in [-0.39, 0.29) is 13.1 Å². The van der Waals surface area contributed by atoms with Crippen molar-refractivity contribution >= 4 is 34.0 Å². The standard InChI is InChI=1S/C22H19F3N4O2/c23-22(24,25)16-4-2-5-17(13-16)28-9-11-29(12-10-28)21(31)20(30)27-19-6-1-3-15-14-26-8-7-18(15)19/h1-8,13-14H,9-12H2,(H,27,30). The zero-order valence-electron chi connectivity index (χ0n) is 16.4. The van der Waals surface area contributed by atoms with Gasteiger partial charge in [-0.05, 0) is 30.3 Å². The molecule has 1 aliphatic rings. The van der Waals surface area contributed by atoms with Crippen LogP contribution >= 0.6 is 0 Å². The Morgan fingerprint density at radius 2 is 1.71 bits per heavy atom. The van der Waals surface area contributed by atoms with Crippen molar-refractivity contribution in [2.24, 2.45) is 0 Å². The Labute approximate surface area is 176 Å². The first kappa shape index (κ1) is 20.6. The fourth-order valence-electron chi connectivity index (χ4n) is 3.60. The molecule has 0 unspecified atom stereocenters. The number of aromatic nitrogens is 1. The number of amides is 2. The number of rotatable bonds is 2. The van der Waals surface area contributed by atoms with Crippen LogP contribution in [0.5, 0.6) is 0 Å². The van der Waals surface area contributed by atoms with Crippen molar-refractivity contribution < 1.29 is 22.8 Å². The van der Waals surface area contributed by atoms with Crippen LogP contribution in [0.25, 0.3) is 10.8 Å². The molecule has 2 heterocycles. The van der Waals surface area contributed by atoms with Gasteiger partial charge in [-0.2, -0.15) is 13.2 Å². The third-order valence-corrected chi connectivity index (χ3v) is 5.23. The molecule has 0 atom stereocenters. The van der Waals surface area contributed by atoms with E-state index in [2.05, 4.69) is 10.3 Å². The minimum Gasteiger partial charge on any atom is -0.368 e. The molecule has 160 valence electrons. The third-order valence-electron chi connectivity index (χ3n) is 5.23. The average Bonchev–Trinajstić information content (AvgIpc) is 2.78. The van der Waals surface area contributed by atoms with Crippen molar-refractivity contribution in [3.8, 4) is 0 Å². The SMILES string of the molecule is O=C(Nc1cccc2cnccc12)C(=O)N1CCN(c2cccc(C(F)(F)F)c2)CC1. The lowest BCUT2D eigenvalue weighted by atomic mass is 10.1. The molecule has 1 saturated heterocycles. The molecule has 0 saturated carbocycles. The highest BCUT2D eigenvalue weighted by Crippen LogP contribution is 2.32. The topological polar surface area (TPSA) is 65.5 Å². The number of pyridine rings is 1. The Morgan fingerprint density at radius 3 is 2.45 bits per heavy atom. The maximum atomic E-state index is 12.9. The molecular weight excluding hydrogens is 409 g/mol. The van der Waals surface area contributed by atoms with Gasteiger partial charge in [-0.15, -0.1) is 0 Å². The monoisotopic (exact) mass is 428 g/mol. The van der Waals surface area contributed by atoms with E-state index in [0.29, 0.717) is 24.5 Å². The molecule has 1 aromatic heterocycles. The van der Waals surface area contributed by atoms with E-state index in [1.165, 1.54) is 11.0 Å². The summed E-state index contributed by atoms with van der Waals surface area (Å²) in [6.45, 7) is 1.14. The lowest BCUT2D eigenvalue weighted by Gasteiger charge is -2.36. The fraction of sp³-hybridized carbons (Fsp3) is 0.227. The van der Waals surface area contributed by atoms with Gasteiger partial charge >= 0.3 is 18.0 Å². The first-order valence-corrected chi connectivity index (χ1v) is 9.68. The van der Waals surface area contributed by atoms with Crippen molar-refractivity contribution in [2.45, 2.75) is 6.18 Å². The summed E-state index contributed by atoms with van der Waals surface area (Å²) in [4.78, 5) is 32.3. The minimum absolute atomic E-state index is 0.238. The van der Waals surface area contributed by atoms with Gasteiger partial charge in [0, 0.05) is 60.7 Å². The summed E-state index contributed by atoms with van der Waals surface area (Å²) in [5.41, 5.74) is 0.241. The number of nitrogens with zero attached hydrogens (tertiary/aromatic N) is 3. The average molecular weight is 428 g/mol. The number of fused-ring (bicyclic) bond motifs is 1. The Hall–Kier alpha value is -3.62. The molecule has 0 bridgehead atoms. The molecule has 6 nitrogen and oxygen atoms in total. The molecule has 3 aromatic rings. The molecular formula is C22H19F3N4O2. The number of piperazine rings is 1. The van der Waals surface area contributed by atoms with Gasteiger partial charge in [0.05, 0.1) is 5.56 Å². The summed E-state index contributed by atoms with van der Waals surface area (Å²) in [6, 6.07) is 12.2. The number of hydrogen-bond acceptors (Lipinski definition) is 4. The summed E-state index contributed by atoms with van der Waals surface area (Å²) in [5, 5.41) is 4.26. The van der Waals surface area contributed by atoms with E-state index in [9.17, 15) is 22.8 Å². The van der Waals surface area contributed by atoms with Crippen molar-refractivity contribution in [1.29, 1.82) is 0 Å². The van der Waals surface area contributed by atoms with Gasteiger partial charge in [0.1, 0.15) is 0 Å². The second-order valence-electron chi connectivity index (χ2n) is 7.18. The predicted octanol–water partition coefficient (Wildman–Crippen LogP) is 3.54. The summed E-state index contributed by atoms with van der Waals surface area (Å²) < 4.78 is 38.8. The van der Waals surface area contributed by atoms with Crippen LogP contribution in [0.3, 0.4) is 0 Å². The summed E-state index contributed by atoms with van der Waals surface area (Å²) in [5.74, 6) is -1.42. The molecule has 4 rings (SSSR count). The van der Waals surface area contributed by atoms with E-state index in [1.807, 2.05) is 6.07 Å². The Kier molecular flexibility index (Phi) is 5.50. The van der Waals surface area contributed by atoms with Crippen molar-refractivity contribution in [3.05, 3.63) is 66.5 Å². The molecule has 1 fully saturated rings. The second kappa shape index (κ2) is 8.25. The quantitative estimate of drug-likeness (QED) is 0.635. The summed E-state index contributed by atoms with van der Waals surface area (Å²) >= 11 is 0. The van der Waals surface area contributed by atoms with Gasteiger partial charge in [-0.3, -0.25) is 14.6 Å². The van der Waals surface area contributed by atoms with Crippen molar-refractivity contribution in [3.63, 3.8) is 0 Å². The first-order valence-electron chi connectivity index (χ1n) is 9.68. The normalized spacial score (nSPS) is 14.5. The van der Waals surface area contributed by atoms with E-state index in [0.717, 1.165) is 22.9 Å². The van der Waals surface area contributed by atoms with Crippen LogP contribution < -0.4 is 10.2 Å². The number of nitrogens with one attached hydrogen (secondary N) is 1. The molecule has 1 aliphatic heterocycles. The predicted molar refractivity (Wildman–Crippen MR) is 111 cm³/mol. The minimum atomic E-state index is -4.41. The Morgan fingerprint density at radius 1 is 0.968 bits per heavy atom. The van der Waals surface area contributed by atoms with Gasteiger partial charge in [-0.1, -0.05) is 18.2 Å². The molecule has 31 heavy (non-hydrogen) atoms. The number of anilines is 2. The van der Waals surface area contributed by atoms with Crippen LogP contribution in [-0.2, 0) is 15.8 Å². The highest BCUT2D eigenvalue weighted by molar-refractivity contribution is 6.40. The third kappa shape index (κ3) is 4.45. The molecule has 9 heteroatoms. The second-order valence-corrected chi connectivity index (χ2v) is 7.18. The number of carbonyl (C=O) groups is 2. The highest BCUT2D eigenvalue weighted by atomic mass is 19.4. The highest BCUT2D eigenvalue weighted by Gasteiger charge is 2.31. The summed E-state index contributed by atoms with van der Waals surface area (Å²) in [7, 11) is 0. The molecule has 1 N–H and O–H groups in total. The number of alkyl halides is 3. The molecule has 0 radical (unpaired) electrons. The summed E-state index contributed by atoms with van der Waals surface area (Å²) in [6.07, 6.45) is -1.14. The van der Waals surface area contributed by atoms with Crippen molar-refractivity contribution in [2.75, 3.05) is 36.4 Å². The molecule has 2 amide bonds. The maximum Gasteiger partial charge on any atom is 0.416 e. The Bertz CT molecular complexity index is 1120. The zero-order valence-corrected chi connectivity index (χ0v) is 16.4. The Balaban J connectivity index is 1.40. The first-order chi connectivity index (χ1) is 14.8. The van der Waals surface area contributed by atoms with E-state index in [1.54, 1.807) is 41.6 Å². The van der Waals surface area contributed by atoms with E-state index >= 15 is 0 Å². The van der Waals surface area contributed by atoms with Crippen LogP contribution in [0.15, 0.2) is 60.9 Å². The number of hydrogen-bond donors (Lipinski definition) is 1. The largest absolute Gasteiger partial charge is 0.416 e. The lowest BCUT2D eigenvalue weighted by Crippen LogP contribution is -2.51. The number of benzene rings is 2. The van der Waals surface area contributed by atoms with Gasteiger partial charge in [0.25, 0.3) is 0 Å². The molecule has 2 aromatic carbocycles. The van der Waals surface area contributed by atoms with Crippen molar-refractivity contribution in [1.82, 2.24) is 9.88 Å². The number of halogens is 3. The van der Waals surface area contributed by atoms with Crippen LogP contribution in [-0.4, -0.2) is 47.9 Å². The fourth-order valence-corrected chi connectivity index (χ4v) is 3.60. The number of carbonyl (C=O) groups excluding carboxylic acids is 2. The van der Waals surface area contributed by atoms with Crippen LogP contribution in [0.1, 0.15) is 5.56 Å². The van der Waals surface area contributed by atoms with Gasteiger partial charge in [-0.25, -0.2) is 0 Å². The zero-order chi connectivity index (χ0) is 22.0. The maximum absolute atomic E-state index is 12.9. The molecule has 0 spiro atoms. The van der Waals surface area contributed by atoms with E-state index < -0.39 is 23.6 Å². The van der Waals surface area contributed by atoms with Gasteiger partial charge < -0.3 is 15.1 Å². The van der Waals surface area contributed by atoms with Gasteiger partial charge in [0.15, 0.2) is 0 Å². The lowest BCUT2D eigenvalue weighted by molar-refractivity contribution is -0.143. The van der Waals surface area contributed by atoms with E-state index in [4.69, 9.17) is 0 Å². The van der Waals surface area contributed by atoms with Crippen LogP contribution in [0.4, 0.5) is 24.5 Å². The van der Waals surface area contributed by atoms with Crippen LogP contribution in [0, 0.1) is 0 Å². The molecule has 0 aliphatic carbocycles.